The van der Waals surface area contributed by atoms with Gasteiger partial charge >= 0.3 is 0 Å². The van der Waals surface area contributed by atoms with Gasteiger partial charge in [-0.15, -0.1) is 0 Å². The highest BCUT2D eigenvalue weighted by atomic mass is 15.2. The summed E-state index contributed by atoms with van der Waals surface area (Å²) in [7, 11) is 2.20. The van der Waals surface area contributed by atoms with Gasteiger partial charge in [-0.3, -0.25) is 4.99 Å². The molecule has 3 N–H and O–H groups in total. The highest BCUT2D eigenvalue weighted by Gasteiger charge is 2.11. The lowest BCUT2D eigenvalue weighted by molar-refractivity contribution is 0.280. The number of unbranched alkanes of at least 4 members (excludes halogenated alkanes) is 3. The van der Waals surface area contributed by atoms with E-state index in [0.29, 0.717) is 5.96 Å². The second kappa shape index (κ2) is 10.9. The molecule has 0 aromatic rings. The van der Waals surface area contributed by atoms with Crippen LogP contribution in [-0.4, -0.2) is 68.6 Å². The molecule has 0 unspecified atom stereocenters. The molecule has 0 spiro atoms. The maximum absolute atomic E-state index is 5.87. The third-order valence-corrected chi connectivity index (χ3v) is 3.84. The van der Waals surface area contributed by atoms with Crippen LogP contribution in [0.1, 0.15) is 39.0 Å². The van der Waals surface area contributed by atoms with Gasteiger partial charge in [0.1, 0.15) is 0 Å². The Balaban J connectivity index is 2.05. The fourth-order valence-electron chi connectivity index (χ4n) is 2.46. The maximum atomic E-state index is 5.87. The number of nitrogens with two attached hydrogens (primary N) is 1. The predicted molar refractivity (Wildman–Crippen MR) is 87.2 cm³/mol. The largest absolute Gasteiger partial charge is 0.370 e. The molecule has 5 nitrogen and oxygen atoms in total. The van der Waals surface area contributed by atoms with E-state index in [9.17, 15) is 0 Å². The standard InChI is InChI=1S/C15H33N5/c1-3-4-5-6-8-17-15(16)18-9-12-20-11-7-10-19(2)13-14-20/h3-14H2,1-2H3,(H3,16,17,18). The molecule has 0 saturated carbocycles. The van der Waals surface area contributed by atoms with Crippen LogP contribution in [0.3, 0.4) is 0 Å². The Morgan fingerprint density at radius 3 is 2.80 bits per heavy atom. The summed E-state index contributed by atoms with van der Waals surface area (Å²) in [4.78, 5) is 9.27. The molecule has 5 heteroatoms. The Kier molecular flexibility index (Phi) is 9.41. The molecule has 1 rings (SSSR count). The number of rotatable bonds is 8. The van der Waals surface area contributed by atoms with Crippen molar-refractivity contribution < 1.29 is 0 Å². The molecule has 1 heterocycles. The smallest absolute Gasteiger partial charge is 0.188 e. The van der Waals surface area contributed by atoms with Gasteiger partial charge in [-0.2, -0.15) is 0 Å². The molecule has 118 valence electrons. The summed E-state index contributed by atoms with van der Waals surface area (Å²) in [5.41, 5.74) is 5.87. The first-order valence-electron chi connectivity index (χ1n) is 8.17. The first-order chi connectivity index (χ1) is 9.72. The van der Waals surface area contributed by atoms with E-state index < -0.39 is 0 Å². The molecule has 0 atom stereocenters. The first kappa shape index (κ1) is 17.2. The first-order valence-corrected chi connectivity index (χ1v) is 8.17. The Bertz CT molecular complexity index is 267. The van der Waals surface area contributed by atoms with Crippen LogP contribution in [0, 0.1) is 0 Å². The second-order valence-corrected chi connectivity index (χ2v) is 5.75. The minimum Gasteiger partial charge on any atom is -0.370 e. The molecule has 0 aliphatic carbocycles. The van der Waals surface area contributed by atoms with Crippen LogP contribution in [0.5, 0.6) is 0 Å². The summed E-state index contributed by atoms with van der Waals surface area (Å²) < 4.78 is 0. The second-order valence-electron chi connectivity index (χ2n) is 5.75. The van der Waals surface area contributed by atoms with E-state index in [-0.39, 0.29) is 0 Å². The number of guanidine groups is 1. The summed E-state index contributed by atoms with van der Waals surface area (Å²) in [6.45, 7) is 9.76. The SMILES string of the molecule is CCCCCCN=C(N)NCCN1CCCN(C)CC1. The van der Waals surface area contributed by atoms with E-state index in [1.165, 1.54) is 45.3 Å². The van der Waals surface area contributed by atoms with Crippen LogP contribution in [-0.2, 0) is 0 Å². The Morgan fingerprint density at radius 2 is 2.00 bits per heavy atom. The zero-order valence-electron chi connectivity index (χ0n) is 13.4. The molecule has 0 amide bonds. The summed E-state index contributed by atoms with van der Waals surface area (Å²) in [6, 6.07) is 0. The van der Waals surface area contributed by atoms with E-state index in [1.807, 2.05) is 0 Å². The van der Waals surface area contributed by atoms with E-state index in [1.54, 1.807) is 0 Å². The molecule has 0 aromatic heterocycles. The summed E-state index contributed by atoms with van der Waals surface area (Å²) >= 11 is 0. The molecular formula is C15H33N5. The number of nitrogens with zero attached hydrogens (tertiary/aromatic N) is 3. The Labute approximate surface area is 124 Å². The molecule has 1 aliphatic heterocycles. The fraction of sp³-hybridized carbons (Fsp3) is 0.933. The number of aliphatic imine (C=N–C) groups is 1. The number of likely N-dealkylation sites (N-methyl/N-ethyl adjacent to an activating group) is 1. The molecule has 1 aliphatic rings. The van der Waals surface area contributed by atoms with E-state index >= 15 is 0 Å². The highest BCUT2D eigenvalue weighted by Crippen LogP contribution is 2.00. The third kappa shape index (κ3) is 8.38. The average Bonchev–Trinajstić information content (AvgIpc) is 2.64. The van der Waals surface area contributed by atoms with Gasteiger partial charge < -0.3 is 20.9 Å². The predicted octanol–water partition coefficient (Wildman–Crippen LogP) is 1.11. The van der Waals surface area contributed by atoms with Crippen molar-refractivity contribution >= 4 is 5.96 Å². The van der Waals surface area contributed by atoms with Gasteiger partial charge in [0, 0.05) is 32.7 Å². The van der Waals surface area contributed by atoms with E-state index in [4.69, 9.17) is 5.73 Å². The van der Waals surface area contributed by atoms with E-state index in [2.05, 4.69) is 34.1 Å². The van der Waals surface area contributed by atoms with E-state index in [0.717, 1.165) is 32.6 Å². The van der Waals surface area contributed by atoms with Crippen molar-refractivity contribution in [2.75, 3.05) is 52.9 Å². The van der Waals surface area contributed by atoms with Crippen molar-refractivity contribution in [1.82, 2.24) is 15.1 Å². The molecule has 1 fully saturated rings. The Hall–Kier alpha value is -0.810. The van der Waals surface area contributed by atoms with Gasteiger partial charge in [-0.25, -0.2) is 0 Å². The molecule has 0 aromatic carbocycles. The van der Waals surface area contributed by atoms with Gasteiger partial charge in [0.25, 0.3) is 0 Å². The van der Waals surface area contributed by atoms with Crippen LogP contribution in [0.15, 0.2) is 4.99 Å². The van der Waals surface area contributed by atoms with Crippen LogP contribution >= 0.6 is 0 Å². The molecule has 0 bridgehead atoms. The number of nitrogens with one attached hydrogen (secondary N) is 1. The van der Waals surface area contributed by atoms with Crippen molar-refractivity contribution in [3.8, 4) is 0 Å². The quantitative estimate of drug-likeness (QED) is 0.398. The number of hydrogen-bond donors (Lipinski definition) is 2. The average molecular weight is 283 g/mol. The molecule has 20 heavy (non-hydrogen) atoms. The van der Waals surface area contributed by atoms with Gasteiger partial charge in [0.05, 0.1) is 0 Å². The minimum atomic E-state index is 0.605. The van der Waals surface area contributed by atoms with Gasteiger partial charge in [-0.1, -0.05) is 26.2 Å². The monoisotopic (exact) mass is 283 g/mol. The van der Waals surface area contributed by atoms with Crippen LogP contribution in [0.2, 0.25) is 0 Å². The van der Waals surface area contributed by atoms with Crippen LogP contribution in [0.25, 0.3) is 0 Å². The molecular weight excluding hydrogens is 250 g/mol. The zero-order chi connectivity index (χ0) is 14.6. The summed E-state index contributed by atoms with van der Waals surface area (Å²) in [5.74, 6) is 0.605. The Morgan fingerprint density at radius 1 is 1.15 bits per heavy atom. The lowest BCUT2D eigenvalue weighted by Gasteiger charge is -2.20. The summed E-state index contributed by atoms with van der Waals surface area (Å²) in [6.07, 6.45) is 6.23. The fourth-order valence-corrected chi connectivity index (χ4v) is 2.46. The third-order valence-electron chi connectivity index (χ3n) is 3.84. The number of hydrogen-bond acceptors (Lipinski definition) is 3. The zero-order valence-corrected chi connectivity index (χ0v) is 13.4. The molecule has 0 radical (unpaired) electrons. The topological polar surface area (TPSA) is 56.9 Å². The van der Waals surface area contributed by atoms with Crippen LogP contribution < -0.4 is 11.1 Å². The lowest BCUT2D eigenvalue weighted by atomic mass is 10.2. The van der Waals surface area contributed by atoms with Crippen LogP contribution in [0.4, 0.5) is 0 Å². The minimum absolute atomic E-state index is 0.605. The van der Waals surface area contributed by atoms with Crippen molar-refractivity contribution in [1.29, 1.82) is 0 Å². The highest BCUT2D eigenvalue weighted by molar-refractivity contribution is 5.77. The summed E-state index contributed by atoms with van der Waals surface area (Å²) in [5, 5.41) is 3.22. The lowest BCUT2D eigenvalue weighted by Crippen LogP contribution is -2.39. The van der Waals surface area contributed by atoms with Crippen molar-refractivity contribution in [2.45, 2.75) is 39.0 Å². The van der Waals surface area contributed by atoms with Gasteiger partial charge in [-0.05, 0) is 33.0 Å². The van der Waals surface area contributed by atoms with Crippen molar-refractivity contribution in [3.05, 3.63) is 0 Å². The normalized spacial score (nSPS) is 19.0. The van der Waals surface area contributed by atoms with Gasteiger partial charge in [0.2, 0.25) is 0 Å². The van der Waals surface area contributed by atoms with Crippen molar-refractivity contribution in [2.24, 2.45) is 10.7 Å². The van der Waals surface area contributed by atoms with Gasteiger partial charge in [0.15, 0.2) is 5.96 Å². The molecule has 1 saturated heterocycles. The maximum Gasteiger partial charge on any atom is 0.188 e. The van der Waals surface area contributed by atoms with Crippen molar-refractivity contribution in [3.63, 3.8) is 0 Å².